The van der Waals surface area contributed by atoms with Crippen molar-refractivity contribution in [1.82, 2.24) is 0 Å². The average Bonchev–Trinajstić information content (AvgIpc) is 2.41. The predicted molar refractivity (Wildman–Crippen MR) is 80.4 cm³/mol. The summed E-state index contributed by atoms with van der Waals surface area (Å²) in [5, 5.41) is 18.1. The molecular weight excluding hydrogens is 236 g/mol. The van der Waals surface area contributed by atoms with E-state index < -0.39 is 6.10 Å². The number of aliphatic hydroxyl groups is 2. The molecule has 0 aromatic carbocycles. The highest BCUT2D eigenvalue weighted by molar-refractivity contribution is 5.28. The first-order valence-electron chi connectivity index (χ1n) is 7.25. The Morgan fingerprint density at radius 3 is 2.58 bits per heavy atom. The van der Waals surface area contributed by atoms with Crippen LogP contribution in [0.3, 0.4) is 0 Å². The molecule has 0 saturated carbocycles. The Morgan fingerprint density at radius 2 is 1.84 bits per heavy atom. The SMILES string of the molecule is CCCCCCC/C=C\[C@H](O)C#CC#CCCCO. The molecule has 0 saturated heterocycles. The summed E-state index contributed by atoms with van der Waals surface area (Å²) in [6.07, 6.45) is 11.6. The van der Waals surface area contributed by atoms with E-state index in [-0.39, 0.29) is 6.61 Å². The maximum atomic E-state index is 9.52. The first-order chi connectivity index (χ1) is 9.31. The van der Waals surface area contributed by atoms with Crippen LogP contribution in [-0.4, -0.2) is 22.9 Å². The highest BCUT2D eigenvalue weighted by atomic mass is 16.3. The molecule has 2 heteroatoms. The van der Waals surface area contributed by atoms with Crippen LogP contribution in [0.5, 0.6) is 0 Å². The maximum Gasteiger partial charge on any atom is 0.134 e. The second-order valence-corrected chi connectivity index (χ2v) is 4.47. The monoisotopic (exact) mass is 262 g/mol. The molecule has 0 amide bonds. The average molecular weight is 262 g/mol. The molecule has 0 aliphatic carbocycles. The number of rotatable bonds is 9. The van der Waals surface area contributed by atoms with Gasteiger partial charge in [0, 0.05) is 13.0 Å². The predicted octanol–water partition coefficient (Wildman–Crippen LogP) is 3.04. The van der Waals surface area contributed by atoms with Crippen LogP contribution < -0.4 is 0 Å². The highest BCUT2D eigenvalue weighted by Crippen LogP contribution is 2.05. The van der Waals surface area contributed by atoms with Crippen molar-refractivity contribution in [3.8, 4) is 23.7 Å². The third-order valence-corrected chi connectivity index (χ3v) is 2.62. The van der Waals surface area contributed by atoms with E-state index in [9.17, 15) is 5.11 Å². The van der Waals surface area contributed by atoms with Gasteiger partial charge in [-0.05, 0) is 37.2 Å². The van der Waals surface area contributed by atoms with Crippen molar-refractivity contribution in [1.29, 1.82) is 0 Å². The summed E-state index contributed by atoms with van der Waals surface area (Å²) >= 11 is 0. The Labute approximate surface area is 117 Å². The van der Waals surface area contributed by atoms with E-state index in [0.29, 0.717) is 12.8 Å². The van der Waals surface area contributed by atoms with Crippen LogP contribution in [0, 0.1) is 23.7 Å². The summed E-state index contributed by atoms with van der Waals surface area (Å²) in [5.41, 5.74) is 0. The molecule has 0 bridgehead atoms. The fourth-order valence-electron chi connectivity index (χ4n) is 1.52. The van der Waals surface area contributed by atoms with Gasteiger partial charge in [0.1, 0.15) is 6.10 Å². The minimum absolute atomic E-state index is 0.158. The van der Waals surface area contributed by atoms with E-state index in [1.165, 1.54) is 32.1 Å². The molecule has 0 aliphatic heterocycles. The third kappa shape index (κ3) is 14.7. The number of hydrogen-bond donors (Lipinski definition) is 2. The molecule has 0 fully saturated rings. The van der Waals surface area contributed by atoms with Crippen LogP contribution in [0.4, 0.5) is 0 Å². The molecular formula is C17H26O2. The zero-order chi connectivity index (χ0) is 14.2. The Morgan fingerprint density at radius 1 is 1.05 bits per heavy atom. The Hall–Kier alpha value is -1.22. The van der Waals surface area contributed by atoms with Gasteiger partial charge in [-0.3, -0.25) is 0 Å². The van der Waals surface area contributed by atoms with E-state index in [1.807, 2.05) is 6.08 Å². The van der Waals surface area contributed by atoms with E-state index >= 15 is 0 Å². The molecule has 0 rings (SSSR count). The minimum Gasteiger partial charge on any atom is -0.396 e. The molecule has 2 nitrogen and oxygen atoms in total. The van der Waals surface area contributed by atoms with Crippen LogP contribution in [-0.2, 0) is 0 Å². The lowest BCUT2D eigenvalue weighted by Gasteiger charge is -1.96. The molecule has 0 spiro atoms. The van der Waals surface area contributed by atoms with Gasteiger partial charge in [-0.2, -0.15) is 0 Å². The van der Waals surface area contributed by atoms with E-state index in [1.54, 1.807) is 6.08 Å². The van der Waals surface area contributed by atoms with Gasteiger partial charge in [-0.15, -0.1) is 0 Å². The topological polar surface area (TPSA) is 40.5 Å². The Kier molecular flexibility index (Phi) is 13.9. The van der Waals surface area contributed by atoms with Crippen molar-refractivity contribution >= 4 is 0 Å². The van der Waals surface area contributed by atoms with Crippen molar-refractivity contribution < 1.29 is 10.2 Å². The zero-order valence-electron chi connectivity index (χ0n) is 12.0. The van der Waals surface area contributed by atoms with E-state index in [2.05, 4.69) is 30.6 Å². The highest BCUT2D eigenvalue weighted by Gasteiger charge is 1.90. The van der Waals surface area contributed by atoms with E-state index in [4.69, 9.17) is 5.11 Å². The maximum absolute atomic E-state index is 9.52. The summed E-state index contributed by atoms with van der Waals surface area (Å²) in [6.45, 7) is 2.37. The van der Waals surface area contributed by atoms with Crippen molar-refractivity contribution in [2.75, 3.05) is 6.61 Å². The molecule has 0 radical (unpaired) electrons. The van der Waals surface area contributed by atoms with Gasteiger partial charge in [0.05, 0.1) is 0 Å². The molecule has 19 heavy (non-hydrogen) atoms. The lowest BCUT2D eigenvalue weighted by Crippen LogP contribution is -1.96. The van der Waals surface area contributed by atoms with Crippen LogP contribution in [0.25, 0.3) is 0 Å². The number of aliphatic hydroxyl groups excluding tert-OH is 2. The van der Waals surface area contributed by atoms with E-state index in [0.717, 1.165) is 6.42 Å². The van der Waals surface area contributed by atoms with Gasteiger partial charge in [-0.1, -0.05) is 50.5 Å². The Bertz CT molecular complexity index is 336. The van der Waals surface area contributed by atoms with Gasteiger partial charge in [0.2, 0.25) is 0 Å². The fourth-order valence-corrected chi connectivity index (χ4v) is 1.52. The number of hydrogen-bond acceptors (Lipinski definition) is 2. The second-order valence-electron chi connectivity index (χ2n) is 4.47. The smallest absolute Gasteiger partial charge is 0.134 e. The fraction of sp³-hybridized carbons (Fsp3) is 0.647. The summed E-state index contributed by atoms with van der Waals surface area (Å²) < 4.78 is 0. The standard InChI is InChI=1S/C17H26O2/c1-2-3-4-5-6-8-11-14-17(19)15-12-9-7-10-13-16-18/h11,14,17-19H,2-6,8,10,13,16H2,1H3/b14-11-/t17-/m0/s1. The molecule has 1 atom stereocenters. The van der Waals surface area contributed by atoms with Gasteiger partial charge in [-0.25, -0.2) is 0 Å². The molecule has 0 aromatic rings. The van der Waals surface area contributed by atoms with Gasteiger partial charge < -0.3 is 10.2 Å². The van der Waals surface area contributed by atoms with Crippen LogP contribution in [0.2, 0.25) is 0 Å². The van der Waals surface area contributed by atoms with Crippen molar-refractivity contribution in [2.45, 2.75) is 64.4 Å². The van der Waals surface area contributed by atoms with Crippen molar-refractivity contribution in [2.24, 2.45) is 0 Å². The van der Waals surface area contributed by atoms with Crippen LogP contribution >= 0.6 is 0 Å². The number of unbranched alkanes of at least 4 members (excludes halogenated alkanes) is 6. The van der Waals surface area contributed by atoms with Crippen LogP contribution in [0.1, 0.15) is 58.3 Å². The lowest BCUT2D eigenvalue weighted by atomic mass is 10.1. The molecule has 0 unspecified atom stereocenters. The van der Waals surface area contributed by atoms with Gasteiger partial charge >= 0.3 is 0 Å². The second kappa shape index (κ2) is 14.8. The van der Waals surface area contributed by atoms with Crippen molar-refractivity contribution in [3.63, 3.8) is 0 Å². The first-order valence-corrected chi connectivity index (χ1v) is 7.25. The summed E-state index contributed by atoms with van der Waals surface area (Å²) in [5.74, 6) is 10.8. The first kappa shape index (κ1) is 17.8. The Balaban J connectivity index is 3.63. The molecule has 0 aliphatic rings. The molecule has 0 heterocycles. The zero-order valence-corrected chi connectivity index (χ0v) is 12.0. The van der Waals surface area contributed by atoms with Crippen molar-refractivity contribution in [3.05, 3.63) is 12.2 Å². The normalized spacial score (nSPS) is 11.5. The molecule has 0 aromatic heterocycles. The summed E-state index contributed by atoms with van der Waals surface area (Å²) in [4.78, 5) is 0. The summed E-state index contributed by atoms with van der Waals surface area (Å²) in [6, 6.07) is 0. The largest absolute Gasteiger partial charge is 0.396 e. The lowest BCUT2D eigenvalue weighted by molar-refractivity contribution is 0.280. The molecule has 2 N–H and O–H groups in total. The third-order valence-electron chi connectivity index (χ3n) is 2.62. The minimum atomic E-state index is -0.720. The van der Waals surface area contributed by atoms with Gasteiger partial charge in [0.25, 0.3) is 0 Å². The number of allylic oxidation sites excluding steroid dienone is 1. The van der Waals surface area contributed by atoms with Crippen LogP contribution in [0.15, 0.2) is 12.2 Å². The quantitative estimate of drug-likeness (QED) is 0.381. The molecule has 106 valence electrons. The van der Waals surface area contributed by atoms with Gasteiger partial charge in [0.15, 0.2) is 0 Å². The summed E-state index contributed by atoms with van der Waals surface area (Å²) in [7, 11) is 0.